The molecule has 0 aromatic heterocycles. The molecule has 0 aliphatic carbocycles. The zero-order valence-corrected chi connectivity index (χ0v) is 13.0. The van der Waals surface area contributed by atoms with Gasteiger partial charge in [-0.15, -0.1) is 12.4 Å². The Morgan fingerprint density at radius 2 is 1.56 bits per heavy atom. The number of methoxy groups -OCH3 is 1. The molecule has 0 aliphatic rings. The number of carbonyl (C=O) groups is 1. The summed E-state index contributed by atoms with van der Waals surface area (Å²) in [4.78, 5) is 11.3. The van der Waals surface area contributed by atoms with E-state index in [0.717, 1.165) is 12.8 Å². The highest BCUT2D eigenvalue weighted by atomic mass is 35.5. The van der Waals surface area contributed by atoms with Crippen molar-refractivity contribution in [2.75, 3.05) is 14.2 Å². The van der Waals surface area contributed by atoms with Gasteiger partial charge in [-0.25, -0.2) is 0 Å². The zero-order valence-electron chi connectivity index (χ0n) is 12.2. The monoisotopic (exact) mass is 279 g/mol. The first kappa shape index (κ1) is 20.0. The lowest BCUT2D eigenvalue weighted by Gasteiger charge is -2.13. The number of carbonyl (C=O) groups excluding carboxylic acids is 1. The van der Waals surface area contributed by atoms with Crippen LogP contribution in [0, 0.1) is 0 Å². The van der Waals surface area contributed by atoms with Crippen LogP contribution in [-0.4, -0.2) is 26.2 Å². The first-order valence-electron chi connectivity index (χ1n) is 7.00. The van der Waals surface area contributed by atoms with E-state index in [2.05, 4.69) is 12.2 Å². The molecule has 1 atom stereocenters. The second-order valence-electron chi connectivity index (χ2n) is 4.60. The van der Waals surface area contributed by atoms with Crippen molar-refractivity contribution in [3.8, 4) is 0 Å². The fourth-order valence-corrected chi connectivity index (χ4v) is 1.98. The van der Waals surface area contributed by atoms with Gasteiger partial charge in [-0.05, 0) is 6.42 Å². The summed E-state index contributed by atoms with van der Waals surface area (Å²) >= 11 is 0. The maximum atomic E-state index is 11.3. The Morgan fingerprint density at radius 1 is 1.06 bits per heavy atom. The minimum absolute atomic E-state index is 0. The Balaban J connectivity index is 0. The Bertz CT molecular complexity index is 189. The lowest BCUT2D eigenvalue weighted by molar-refractivity contribution is -0.130. The molecule has 1 N–H and O–H groups in total. The summed E-state index contributed by atoms with van der Waals surface area (Å²) in [6.45, 7) is 2.24. The molecule has 18 heavy (non-hydrogen) atoms. The smallest absolute Gasteiger partial charge is 0.248 e. The number of ether oxygens (including phenoxy) is 1. The predicted molar refractivity (Wildman–Crippen MR) is 79.3 cm³/mol. The Kier molecular flexibility index (Phi) is 16.5. The van der Waals surface area contributed by atoms with Gasteiger partial charge >= 0.3 is 0 Å². The van der Waals surface area contributed by atoms with Gasteiger partial charge in [-0.3, -0.25) is 4.79 Å². The van der Waals surface area contributed by atoms with Crippen LogP contribution in [0.15, 0.2) is 0 Å². The Labute approximate surface area is 118 Å². The van der Waals surface area contributed by atoms with E-state index in [0.29, 0.717) is 0 Å². The predicted octanol–water partition coefficient (Wildman–Crippen LogP) is 3.70. The average Bonchev–Trinajstić information content (AvgIpc) is 2.36. The van der Waals surface area contributed by atoms with Crippen molar-refractivity contribution < 1.29 is 9.53 Å². The molecule has 0 aromatic carbocycles. The van der Waals surface area contributed by atoms with Gasteiger partial charge in [0.05, 0.1) is 0 Å². The molecule has 0 heterocycles. The molecule has 3 nitrogen and oxygen atoms in total. The molecule has 0 bridgehead atoms. The van der Waals surface area contributed by atoms with Crippen LogP contribution in [0.4, 0.5) is 0 Å². The van der Waals surface area contributed by atoms with E-state index in [9.17, 15) is 4.79 Å². The summed E-state index contributed by atoms with van der Waals surface area (Å²) in [5.41, 5.74) is 0. The van der Waals surface area contributed by atoms with Gasteiger partial charge in [0.15, 0.2) is 0 Å². The number of hydrogen-bond acceptors (Lipinski definition) is 2. The van der Waals surface area contributed by atoms with Gasteiger partial charge in [0.1, 0.15) is 6.10 Å². The van der Waals surface area contributed by atoms with E-state index in [1.54, 1.807) is 14.2 Å². The first-order chi connectivity index (χ1) is 8.26. The van der Waals surface area contributed by atoms with E-state index in [4.69, 9.17) is 4.74 Å². The van der Waals surface area contributed by atoms with Crippen molar-refractivity contribution in [3.63, 3.8) is 0 Å². The molecule has 4 heteroatoms. The second-order valence-corrected chi connectivity index (χ2v) is 4.60. The first-order valence-corrected chi connectivity index (χ1v) is 7.00. The van der Waals surface area contributed by atoms with Gasteiger partial charge in [0.25, 0.3) is 0 Å². The van der Waals surface area contributed by atoms with Gasteiger partial charge in [-0.2, -0.15) is 0 Å². The van der Waals surface area contributed by atoms with E-state index in [1.165, 1.54) is 44.9 Å². The maximum absolute atomic E-state index is 11.3. The largest absolute Gasteiger partial charge is 0.372 e. The van der Waals surface area contributed by atoms with E-state index in [1.807, 2.05) is 0 Å². The third-order valence-electron chi connectivity index (χ3n) is 3.14. The number of rotatable bonds is 11. The number of unbranched alkanes of at least 4 members (excludes halogenated alkanes) is 7. The van der Waals surface area contributed by atoms with E-state index >= 15 is 0 Å². The Hall–Kier alpha value is -0.280. The van der Waals surface area contributed by atoms with Crippen LogP contribution in [0.3, 0.4) is 0 Å². The third-order valence-corrected chi connectivity index (χ3v) is 3.14. The van der Waals surface area contributed by atoms with Gasteiger partial charge < -0.3 is 10.1 Å². The van der Waals surface area contributed by atoms with Crippen LogP contribution < -0.4 is 5.32 Å². The molecule has 0 spiro atoms. The number of amides is 1. The summed E-state index contributed by atoms with van der Waals surface area (Å²) in [5.74, 6) is -0.00422. The summed E-state index contributed by atoms with van der Waals surface area (Å²) in [5, 5.41) is 2.63. The molecule has 110 valence electrons. The summed E-state index contributed by atoms with van der Waals surface area (Å²) < 4.78 is 5.15. The molecule has 1 amide bonds. The summed E-state index contributed by atoms with van der Waals surface area (Å²) in [6.07, 6.45) is 10.9. The highest BCUT2D eigenvalue weighted by Gasteiger charge is 2.14. The van der Waals surface area contributed by atoms with Crippen LogP contribution in [0.1, 0.15) is 64.7 Å². The van der Waals surface area contributed by atoms with Crippen LogP contribution in [0.5, 0.6) is 0 Å². The normalized spacial score (nSPS) is 11.7. The van der Waals surface area contributed by atoms with Crippen LogP contribution in [0.25, 0.3) is 0 Å². The van der Waals surface area contributed by atoms with Crippen molar-refractivity contribution in [1.29, 1.82) is 0 Å². The van der Waals surface area contributed by atoms with Gasteiger partial charge in [-0.1, -0.05) is 58.3 Å². The van der Waals surface area contributed by atoms with Crippen molar-refractivity contribution >= 4 is 18.3 Å². The fraction of sp³-hybridized carbons (Fsp3) is 0.929. The molecule has 0 aromatic rings. The van der Waals surface area contributed by atoms with E-state index < -0.39 is 0 Å². The molecular weight excluding hydrogens is 250 g/mol. The molecule has 0 fully saturated rings. The number of hydrogen-bond donors (Lipinski definition) is 1. The topological polar surface area (TPSA) is 38.3 Å². The number of nitrogens with one attached hydrogen (secondary N) is 1. The third kappa shape index (κ3) is 10.8. The highest BCUT2D eigenvalue weighted by molar-refractivity contribution is 5.85. The van der Waals surface area contributed by atoms with Crippen LogP contribution in [0.2, 0.25) is 0 Å². The van der Waals surface area contributed by atoms with Crippen molar-refractivity contribution in [2.45, 2.75) is 70.8 Å². The molecule has 0 saturated carbocycles. The summed E-state index contributed by atoms with van der Waals surface area (Å²) in [7, 11) is 3.26. The van der Waals surface area contributed by atoms with Crippen LogP contribution in [-0.2, 0) is 9.53 Å². The molecule has 0 rings (SSSR count). The fourth-order valence-electron chi connectivity index (χ4n) is 1.98. The number of likely N-dealkylation sites (N-methyl/N-ethyl adjacent to an activating group) is 1. The standard InChI is InChI=1S/C14H29NO2.ClH/c1-4-5-6-7-8-9-10-11-12-13(17-3)14(16)15-2;/h13H,4-12H2,1-3H3,(H,15,16);1H. The molecule has 0 aliphatic heterocycles. The SMILES string of the molecule is CCCCCCCCCCC(OC)C(=O)NC.Cl. The molecule has 0 radical (unpaired) electrons. The zero-order chi connectivity index (χ0) is 12.9. The lowest BCUT2D eigenvalue weighted by Crippen LogP contribution is -2.33. The molecule has 1 unspecified atom stereocenters. The minimum atomic E-state index is -0.264. The van der Waals surface area contributed by atoms with Crippen molar-refractivity contribution in [3.05, 3.63) is 0 Å². The Morgan fingerprint density at radius 3 is 2.00 bits per heavy atom. The summed E-state index contributed by atoms with van der Waals surface area (Å²) in [6, 6.07) is 0. The van der Waals surface area contributed by atoms with Crippen molar-refractivity contribution in [1.82, 2.24) is 5.32 Å². The average molecular weight is 280 g/mol. The minimum Gasteiger partial charge on any atom is -0.372 e. The number of halogens is 1. The van der Waals surface area contributed by atoms with Crippen molar-refractivity contribution in [2.24, 2.45) is 0 Å². The van der Waals surface area contributed by atoms with Gasteiger partial charge in [0, 0.05) is 14.2 Å². The lowest BCUT2D eigenvalue weighted by atomic mass is 10.1. The molecule has 0 saturated heterocycles. The quantitative estimate of drug-likeness (QED) is 0.586. The molecular formula is C14H30ClNO2. The van der Waals surface area contributed by atoms with Gasteiger partial charge in [0.2, 0.25) is 5.91 Å². The van der Waals surface area contributed by atoms with E-state index in [-0.39, 0.29) is 24.4 Å². The second kappa shape index (κ2) is 14.8. The maximum Gasteiger partial charge on any atom is 0.248 e. The highest BCUT2D eigenvalue weighted by Crippen LogP contribution is 2.11. The van der Waals surface area contributed by atoms with Crippen LogP contribution >= 0.6 is 12.4 Å².